The van der Waals surface area contributed by atoms with Crippen LogP contribution in [0, 0.1) is 5.92 Å². The van der Waals surface area contributed by atoms with Gasteiger partial charge in [-0.3, -0.25) is 4.90 Å². The average molecular weight is 333 g/mol. The molecule has 1 aromatic carbocycles. The first-order valence-corrected chi connectivity index (χ1v) is 9.12. The van der Waals surface area contributed by atoms with Gasteiger partial charge in [-0.2, -0.15) is 0 Å². The molecule has 1 fully saturated rings. The minimum Gasteiger partial charge on any atom is -0.379 e. The average Bonchev–Trinajstić information content (AvgIpc) is 2.65. The van der Waals surface area contributed by atoms with Gasteiger partial charge in [-0.15, -0.1) is 0 Å². The number of ether oxygens (including phenoxy) is 1. The van der Waals surface area contributed by atoms with Crippen molar-refractivity contribution in [3.05, 3.63) is 35.9 Å². The van der Waals surface area contributed by atoms with Gasteiger partial charge < -0.3 is 15.4 Å². The van der Waals surface area contributed by atoms with Crippen LogP contribution in [0.1, 0.15) is 32.3 Å². The quantitative estimate of drug-likeness (QED) is 0.769. The van der Waals surface area contributed by atoms with Crippen molar-refractivity contribution in [1.29, 1.82) is 0 Å². The topological polar surface area (TPSA) is 53.6 Å². The maximum absolute atomic E-state index is 12.1. The zero-order valence-electron chi connectivity index (χ0n) is 15.0. The number of carbonyl (C=O) groups is 1. The third kappa shape index (κ3) is 5.80. The Labute approximate surface area is 145 Å². The molecule has 5 nitrogen and oxygen atoms in total. The summed E-state index contributed by atoms with van der Waals surface area (Å²) >= 11 is 0. The Balaban J connectivity index is 1.83. The molecule has 2 rings (SSSR count). The highest BCUT2D eigenvalue weighted by Gasteiger charge is 2.27. The van der Waals surface area contributed by atoms with Gasteiger partial charge in [0.15, 0.2) is 0 Å². The number of amides is 2. The summed E-state index contributed by atoms with van der Waals surface area (Å²) in [7, 11) is 0. The molecular formula is C19H31N3O2. The van der Waals surface area contributed by atoms with E-state index >= 15 is 0 Å². The summed E-state index contributed by atoms with van der Waals surface area (Å²) in [5.41, 5.74) is 1.11. The van der Waals surface area contributed by atoms with E-state index in [4.69, 9.17) is 4.74 Å². The van der Waals surface area contributed by atoms with Crippen molar-refractivity contribution in [2.24, 2.45) is 5.92 Å². The van der Waals surface area contributed by atoms with Gasteiger partial charge in [0.2, 0.25) is 0 Å². The van der Waals surface area contributed by atoms with E-state index in [1.54, 1.807) is 0 Å². The summed E-state index contributed by atoms with van der Waals surface area (Å²) < 4.78 is 5.47. The van der Waals surface area contributed by atoms with Gasteiger partial charge in [-0.25, -0.2) is 4.79 Å². The van der Waals surface area contributed by atoms with E-state index in [1.807, 2.05) is 30.3 Å². The molecule has 5 heteroatoms. The highest BCUT2D eigenvalue weighted by atomic mass is 16.5. The highest BCUT2D eigenvalue weighted by molar-refractivity contribution is 5.73. The standard InChI is InChI=1S/C19H31N3O2/c1-3-17(4-2)18(22-10-12-24-13-11-22)15-21-19(23)20-14-16-8-6-5-7-9-16/h5-9,17-18H,3-4,10-15H2,1-2H3,(H2,20,21,23). The van der Waals surface area contributed by atoms with Crippen molar-refractivity contribution in [3.8, 4) is 0 Å². The van der Waals surface area contributed by atoms with E-state index in [0.717, 1.165) is 44.7 Å². The zero-order chi connectivity index (χ0) is 17.2. The van der Waals surface area contributed by atoms with Crippen molar-refractivity contribution in [3.63, 3.8) is 0 Å². The summed E-state index contributed by atoms with van der Waals surface area (Å²) in [5.74, 6) is 0.595. The molecule has 24 heavy (non-hydrogen) atoms. The highest BCUT2D eigenvalue weighted by Crippen LogP contribution is 2.19. The molecule has 0 saturated carbocycles. The molecule has 1 saturated heterocycles. The number of carbonyl (C=O) groups excluding carboxylic acids is 1. The van der Waals surface area contributed by atoms with Gasteiger partial charge in [-0.1, -0.05) is 57.0 Å². The molecule has 0 bridgehead atoms. The first kappa shape index (κ1) is 18.7. The predicted molar refractivity (Wildman–Crippen MR) is 96.9 cm³/mol. The van der Waals surface area contributed by atoms with Crippen LogP contribution < -0.4 is 10.6 Å². The monoisotopic (exact) mass is 333 g/mol. The Hall–Kier alpha value is -1.59. The summed E-state index contributed by atoms with van der Waals surface area (Å²) in [5, 5.41) is 6.01. The fourth-order valence-corrected chi connectivity index (χ4v) is 3.37. The summed E-state index contributed by atoms with van der Waals surface area (Å²) in [6.45, 7) is 9.19. The molecule has 1 heterocycles. The number of hydrogen-bond acceptors (Lipinski definition) is 3. The van der Waals surface area contributed by atoms with Crippen LogP contribution in [0.3, 0.4) is 0 Å². The van der Waals surface area contributed by atoms with Gasteiger partial charge in [-0.05, 0) is 11.5 Å². The van der Waals surface area contributed by atoms with Crippen molar-refractivity contribution in [2.75, 3.05) is 32.8 Å². The molecule has 2 N–H and O–H groups in total. The largest absolute Gasteiger partial charge is 0.379 e. The van der Waals surface area contributed by atoms with Crippen LogP contribution in [-0.2, 0) is 11.3 Å². The molecule has 0 radical (unpaired) electrons. The van der Waals surface area contributed by atoms with E-state index in [0.29, 0.717) is 25.0 Å². The number of nitrogens with one attached hydrogen (secondary N) is 2. The second-order valence-electron chi connectivity index (χ2n) is 6.34. The number of morpholine rings is 1. The zero-order valence-corrected chi connectivity index (χ0v) is 15.0. The Morgan fingerprint density at radius 1 is 1.12 bits per heavy atom. The van der Waals surface area contributed by atoms with Gasteiger partial charge in [0, 0.05) is 32.2 Å². The van der Waals surface area contributed by atoms with Crippen LogP contribution in [0.2, 0.25) is 0 Å². The van der Waals surface area contributed by atoms with Crippen molar-refractivity contribution >= 4 is 6.03 Å². The fourth-order valence-electron chi connectivity index (χ4n) is 3.37. The predicted octanol–water partition coefficient (Wildman–Crippen LogP) is 2.62. The SMILES string of the molecule is CCC(CC)C(CNC(=O)NCc1ccccc1)N1CCOCC1. The summed E-state index contributed by atoms with van der Waals surface area (Å²) in [4.78, 5) is 14.6. The molecule has 0 aromatic heterocycles. The second kappa shape index (κ2) is 10.3. The first-order chi connectivity index (χ1) is 11.7. The van der Waals surface area contributed by atoms with Gasteiger partial charge in [0.1, 0.15) is 0 Å². The molecule has 1 aromatic rings. The Morgan fingerprint density at radius 2 is 1.79 bits per heavy atom. The maximum Gasteiger partial charge on any atom is 0.315 e. The third-order valence-electron chi connectivity index (χ3n) is 4.88. The molecular weight excluding hydrogens is 302 g/mol. The van der Waals surface area contributed by atoms with E-state index < -0.39 is 0 Å². The smallest absolute Gasteiger partial charge is 0.315 e. The number of benzene rings is 1. The van der Waals surface area contributed by atoms with E-state index in [1.165, 1.54) is 0 Å². The Kier molecular flexibility index (Phi) is 8.05. The van der Waals surface area contributed by atoms with Crippen molar-refractivity contribution in [1.82, 2.24) is 15.5 Å². The van der Waals surface area contributed by atoms with Gasteiger partial charge in [0.25, 0.3) is 0 Å². The van der Waals surface area contributed by atoms with Crippen LogP contribution in [0.4, 0.5) is 4.79 Å². The Bertz CT molecular complexity index is 471. The molecule has 0 spiro atoms. The molecule has 1 unspecified atom stereocenters. The molecule has 1 aliphatic rings. The lowest BCUT2D eigenvalue weighted by Crippen LogP contribution is -2.53. The molecule has 2 amide bonds. The van der Waals surface area contributed by atoms with Crippen LogP contribution in [-0.4, -0.2) is 49.8 Å². The molecule has 0 aliphatic carbocycles. The Morgan fingerprint density at radius 3 is 2.42 bits per heavy atom. The van der Waals surface area contributed by atoms with E-state index in [-0.39, 0.29) is 6.03 Å². The molecule has 134 valence electrons. The van der Waals surface area contributed by atoms with Crippen molar-refractivity contribution in [2.45, 2.75) is 39.3 Å². The number of urea groups is 1. The van der Waals surface area contributed by atoms with E-state index in [9.17, 15) is 4.79 Å². The molecule has 1 aliphatic heterocycles. The maximum atomic E-state index is 12.1. The van der Waals surface area contributed by atoms with Crippen LogP contribution >= 0.6 is 0 Å². The second-order valence-corrected chi connectivity index (χ2v) is 6.34. The van der Waals surface area contributed by atoms with Gasteiger partial charge in [0.05, 0.1) is 13.2 Å². The lowest BCUT2D eigenvalue weighted by molar-refractivity contribution is 0.00237. The van der Waals surface area contributed by atoms with Crippen LogP contribution in [0.25, 0.3) is 0 Å². The number of rotatable bonds is 8. The first-order valence-electron chi connectivity index (χ1n) is 9.12. The fraction of sp³-hybridized carbons (Fsp3) is 0.632. The lowest BCUT2D eigenvalue weighted by atomic mass is 9.92. The summed E-state index contributed by atoms with van der Waals surface area (Å²) in [6.07, 6.45) is 2.26. The molecule has 1 atom stereocenters. The number of hydrogen-bond donors (Lipinski definition) is 2. The van der Waals surface area contributed by atoms with Crippen molar-refractivity contribution < 1.29 is 9.53 Å². The van der Waals surface area contributed by atoms with Gasteiger partial charge >= 0.3 is 6.03 Å². The van der Waals surface area contributed by atoms with Crippen LogP contribution in [0.5, 0.6) is 0 Å². The third-order valence-corrected chi connectivity index (χ3v) is 4.88. The lowest BCUT2D eigenvalue weighted by Gasteiger charge is -2.38. The summed E-state index contributed by atoms with van der Waals surface area (Å²) in [6, 6.07) is 10.3. The minimum absolute atomic E-state index is 0.0944. The van der Waals surface area contributed by atoms with E-state index in [2.05, 4.69) is 29.4 Å². The van der Waals surface area contributed by atoms with Crippen LogP contribution in [0.15, 0.2) is 30.3 Å². The number of nitrogens with zero attached hydrogens (tertiary/aromatic N) is 1. The normalized spacial score (nSPS) is 16.8. The minimum atomic E-state index is -0.0944.